The van der Waals surface area contributed by atoms with E-state index in [0.717, 1.165) is 52.1 Å². The number of aryl methyl sites for hydroxylation is 2. The van der Waals surface area contributed by atoms with Crippen LogP contribution in [-0.4, -0.2) is 9.78 Å². The van der Waals surface area contributed by atoms with Crippen molar-refractivity contribution in [2.75, 3.05) is 0 Å². The molecule has 0 aliphatic heterocycles. The molecule has 0 N–H and O–H groups in total. The van der Waals surface area contributed by atoms with Crippen molar-refractivity contribution in [3.05, 3.63) is 82.8 Å². The number of halogens is 1. The first-order chi connectivity index (χ1) is 15.5. The highest BCUT2D eigenvalue weighted by molar-refractivity contribution is 5.97. The van der Waals surface area contributed by atoms with Crippen LogP contribution in [0.15, 0.2) is 54.7 Å². The Morgan fingerprint density at radius 2 is 1.84 bits per heavy atom. The van der Waals surface area contributed by atoms with Gasteiger partial charge >= 0.3 is 0 Å². The third-order valence-corrected chi connectivity index (χ3v) is 7.39. The van der Waals surface area contributed by atoms with Crippen LogP contribution >= 0.6 is 0 Å². The van der Waals surface area contributed by atoms with Crippen molar-refractivity contribution in [2.24, 2.45) is 13.0 Å². The van der Waals surface area contributed by atoms with Crippen LogP contribution in [0.25, 0.3) is 22.0 Å². The lowest BCUT2D eigenvalue weighted by Gasteiger charge is -2.18. The normalized spacial score (nSPS) is 21.7. The fourth-order valence-electron chi connectivity index (χ4n) is 5.46. The molecule has 0 amide bonds. The lowest BCUT2D eigenvalue weighted by molar-refractivity contribution is 0.203. The first-order valence-corrected chi connectivity index (χ1v) is 11.5. The predicted octanol–water partition coefficient (Wildman–Crippen LogP) is 6.88. The van der Waals surface area contributed by atoms with Gasteiger partial charge in [0, 0.05) is 18.0 Å². The molecule has 3 aromatic carbocycles. The summed E-state index contributed by atoms with van der Waals surface area (Å²) in [5, 5.41) is 5.56. The SMILES string of the molecule is Cc1ccc2c(cnn2C)c1-c1ccc(F)c2c1CCC2Oc1ccc(C2CC2C)cc1. The number of rotatable bonds is 4. The predicted molar refractivity (Wildman–Crippen MR) is 125 cm³/mol. The third-order valence-electron chi connectivity index (χ3n) is 7.39. The maximum atomic E-state index is 15.1. The Labute approximate surface area is 187 Å². The molecule has 32 heavy (non-hydrogen) atoms. The zero-order valence-electron chi connectivity index (χ0n) is 18.7. The lowest BCUT2D eigenvalue weighted by atomic mass is 9.91. The molecule has 1 aromatic heterocycles. The van der Waals surface area contributed by atoms with Gasteiger partial charge in [0.1, 0.15) is 17.7 Å². The maximum absolute atomic E-state index is 15.1. The van der Waals surface area contributed by atoms with Crippen molar-refractivity contribution in [3.8, 4) is 16.9 Å². The van der Waals surface area contributed by atoms with Gasteiger partial charge in [-0.05, 0) is 90.1 Å². The average molecular weight is 427 g/mol. The second-order valence-electron chi connectivity index (χ2n) is 9.48. The Morgan fingerprint density at radius 3 is 2.59 bits per heavy atom. The molecule has 3 unspecified atom stereocenters. The Bertz CT molecular complexity index is 1340. The topological polar surface area (TPSA) is 27.1 Å². The molecule has 1 saturated carbocycles. The summed E-state index contributed by atoms with van der Waals surface area (Å²) >= 11 is 0. The summed E-state index contributed by atoms with van der Waals surface area (Å²) in [6.45, 7) is 4.40. The highest BCUT2D eigenvalue weighted by atomic mass is 19.1. The summed E-state index contributed by atoms with van der Waals surface area (Å²) < 4.78 is 23.3. The molecule has 2 aliphatic carbocycles. The number of fused-ring (bicyclic) bond motifs is 2. The van der Waals surface area contributed by atoms with E-state index < -0.39 is 0 Å². The number of nitrogens with zero attached hydrogens (tertiary/aromatic N) is 2. The number of ether oxygens (including phenoxy) is 1. The van der Waals surface area contributed by atoms with Crippen LogP contribution in [0.1, 0.15) is 54.0 Å². The number of hydrogen-bond donors (Lipinski definition) is 0. The molecule has 3 atom stereocenters. The van der Waals surface area contributed by atoms with E-state index in [2.05, 4.69) is 43.2 Å². The zero-order valence-corrected chi connectivity index (χ0v) is 18.7. The lowest BCUT2D eigenvalue weighted by Crippen LogP contribution is -2.06. The van der Waals surface area contributed by atoms with Gasteiger partial charge in [-0.15, -0.1) is 0 Å². The van der Waals surface area contributed by atoms with Gasteiger partial charge in [-0.1, -0.05) is 31.2 Å². The van der Waals surface area contributed by atoms with Gasteiger partial charge in [0.2, 0.25) is 0 Å². The second-order valence-corrected chi connectivity index (χ2v) is 9.48. The van der Waals surface area contributed by atoms with Crippen LogP contribution in [0.3, 0.4) is 0 Å². The van der Waals surface area contributed by atoms with Crippen molar-refractivity contribution in [1.82, 2.24) is 9.78 Å². The largest absolute Gasteiger partial charge is 0.486 e. The van der Waals surface area contributed by atoms with Gasteiger partial charge in [-0.25, -0.2) is 4.39 Å². The summed E-state index contributed by atoms with van der Waals surface area (Å²) in [4.78, 5) is 0. The number of benzene rings is 3. The molecule has 0 radical (unpaired) electrons. The highest BCUT2D eigenvalue weighted by Crippen LogP contribution is 2.48. The molecule has 3 nitrogen and oxygen atoms in total. The van der Waals surface area contributed by atoms with Crippen molar-refractivity contribution in [2.45, 2.75) is 45.1 Å². The van der Waals surface area contributed by atoms with Crippen LogP contribution < -0.4 is 4.74 Å². The highest BCUT2D eigenvalue weighted by Gasteiger charge is 2.34. The fourth-order valence-corrected chi connectivity index (χ4v) is 5.46. The van der Waals surface area contributed by atoms with Gasteiger partial charge in [0.15, 0.2) is 0 Å². The van der Waals surface area contributed by atoms with Crippen molar-refractivity contribution in [3.63, 3.8) is 0 Å². The van der Waals surface area contributed by atoms with Crippen LogP contribution in [0.2, 0.25) is 0 Å². The third kappa shape index (κ3) is 3.04. The Morgan fingerprint density at radius 1 is 1.06 bits per heavy atom. The summed E-state index contributed by atoms with van der Waals surface area (Å²) in [6, 6.07) is 16.2. The van der Waals surface area contributed by atoms with Crippen LogP contribution in [0.4, 0.5) is 4.39 Å². The Kier molecular flexibility index (Phi) is 4.39. The van der Waals surface area contributed by atoms with Gasteiger partial charge in [-0.2, -0.15) is 5.10 Å². The first kappa shape index (κ1) is 19.5. The molecule has 0 saturated heterocycles. The van der Waals surface area contributed by atoms with E-state index in [9.17, 15) is 0 Å². The Hall–Kier alpha value is -3.14. The molecule has 0 spiro atoms. The van der Waals surface area contributed by atoms with E-state index in [1.165, 1.54) is 17.5 Å². The molecule has 6 rings (SSSR count). The van der Waals surface area contributed by atoms with Gasteiger partial charge in [0.05, 0.1) is 11.7 Å². The van der Waals surface area contributed by atoms with Crippen LogP contribution in [-0.2, 0) is 13.5 Å². The molecule has 0 bridgehead atoms. The van der Waals surface area contributed by atoms with E-state index in [1.54, 1.807) is 6.07 Å². The van der Waals surface area contributed by atoms with Gasteiger partial charge in [-0.3, -0.25) is 4.68 Å². The van der Waals surface area contributed by atoms with E-state index in [4.69, 9.17) is 4.74 Å². The molecule has 162 valence electrons. The number of aromatic nitrogens is 2. The standard InChI is InChI=1S/C28H27FN2O/c1-16-4-12-25-23(15-30-31(25)3)27(16)20-9-11-24(29)28-21(20)10-13-26(28)32-19-7-5-18(6-8-19)22-14-17(22)2/h4-9,11-12,15,17,22,26H,10,13-14H2,1-3H3. The molecule has 1 fully saturated rings. The average Bonchev–Trinajstić information content (AvgIpc) is 3.18. The van der Waals surface area contributed by atoms with E-state index in [0.29, 0.717) is 11.5 Å². The van der Waals surface area contributed by atoms with Crippen molar-refractivity contribution in [1.29, 1.82) is 0 Å². The van der Waals surface area contributed by atoms with Gasteiger partial charge in [0.25, 0.3) is 0 Å². The van der Waals surface area contributed by atoms with E-state index in [-0.39, 0.29) is 11.9 Å². The minimum absolute atomic E-state index is 0.175. The van der Waals surface area contributed by atoms with E-state index in [1.807, 2.05) is 36.1 Å². The fraction of sp³-hybridized carbons (Fsp3) is 0.321. The smallest absolute Gasteiger partial charge is 0.130 e. The number of hydrogen-bond acceptors (Lipinski definition) is 2. The Balaban J connectivity index is 1.38. The van der Waals surface area contributed by atoms with Crippen LogP contribution in [0.5, 0.6) is 5.75 Å². The molecule has 4 heteroatoms. The quantitative estimate of drug-likeness (QED) is 0.356. The summed E-state index contributed by atoms with van der Waals surface area (Å²) in [6.07, 6.45) is 4.52. The summed E-state index contributed by atoms with van der Waals surface area (Å²) in [5.74, 6) is 2.11. The summed E-state index contributed by atoms with van der Waals surface area (Å²) in [5.41, 5.74) is 7.66. The summed E-state index contributed by atoms with van der Waals surface area (Å²) in [7, 11) is 1.95. The maximum Gasteiger partial charge on any atom is 0.130 e. The zero-order chi connectivity index (χ0) is 22.0. The van der Waals surface area contributed by atoms with Crippen LogP contribution in [0, 0.1) is 18.7 Å². The van der Waals surface area contributed by atoms with Crippen molar-refractivity contribution < 1.29 is 9.13 Å². The molecular formula is C28H27FN2O. The van der Waals surface area contributed by atoms with Gasteiger partial charge < -0.3 is 4.74 Å². The second kappa shape index (κ2) is 7.19. The monoisotopic (exact) mass is 426 g/mol. The van der Waals surface area contributed by atoms with Crippen molar-refractivity contribution >= 4 is 10.9 Å². The van der Waals surface area contributed by atoms with E-state index >= 15 is 4.39 Å². The molecule has 1 heterocycles. The molecular weight excluding hydrogens is 399 g/mol. The minimum Gasteiger partial charge on any atom is -0.486 e. The molecule has 4 aromatic rings. The minimum atomic E-state index is -0.260. The molecule has 2 aliphatic rings. The first-order valence-electron chi connectivity index (χ1n) is 11.5.